The number of rotatable bonds is 3. The summed E-state index contributed by atoms with van der Waals surface area (Å²) in [6.45, 7) is 3.33. The predicted octanol–water partition coefficient (Wildman–Crippen LogP) is 4.10. The molecule has 0 fully saturated rings. The Hall–Kier alpha value is -2.24. The molecule has 0 radical (unpaired) electrons. The van der Waals surface area contributed by atoms with Crippen LogP contribution in [-0.4, -0.2) is 5.91 Å². The Morgan fingerprint density at radius 2 is 2.00 bits per heavy atom. The fourth-order valence-electron chi connectivity index (χ4n) is 1.94. The summed E-state index contributed by atoms with van der Waals surface area (Å²) in [6.07, 6.45) is -3.02. The molecule has 6 heteroatoms. The Morgan fingerprint density at radius 1 is 1.29 bits per heavy atom. The van der Waals surface area contributed by atoms with Crippen molar-refractivity contribution >= 4 is 5.91 Å². The second-order valence-corrected chi connectivity index (χ2v) is 4.75. The van der Waals surface area contributed by atoms with Crippen molar-refractivity contribution in [2.24, 2.45) is 0 Å². The minimum atomic E-state index is -4.41. The number of nitrogens with one attached hydrogen (secondary N) is 1. The van der Waals surface area contributed by atoms with Crippen LogP contribution in [0.15, 0.2) is 41.0 Å². The van der Waals surface area contributed by atoms with Gasteiger partial charge in [0.1, 0.15) is 0 Å². The van der Waals surface area contributed by atoms with E-state index in [9.17, 15) is 18.0 Å². The molecular weight excluding hydrogens is 283 g/mol. The normalized spacial score (nSPS) is 13.0. The topological polar surface area (TPSA) is 42.2 Å². The summed E-state index contributed by atoms with van der Waals surface area (Å²) in [7, 11) is 0. The number of aryl methyl sites for hydroxylation is 1. The van der Waals surface area contributed by atoms with Gasteiger partial charge in [-0.25, -0.2) is 0 Å². The van der Waals surface area contributed by atoms with Crippen LogP contribution in [0.1, 0.15) is 40.2 Å². The first kappa shape index (κ1) is 15.2. The third-order valence-electron chi connectivity index (χ3n) is 3.13. The van der Waals surface area contributed by atoms with Gasteiger partial charge in [-0.2, -0.15) is 13.2 Å². The number of halogens is 3. The molecule has 1 amide bonds. The van der Waals surface area contributed by atoms with Crippen LogP contribution in [-0.2, 0) is 6.18 Å². The first-order valence-electron chi connectivity index (χ1n) is 6.31. The summed E-state index contributed by atoms with van der Waals surface area (Å²) < 4.78 is 43.1. The SMILES string of the molecule is Cc1ccoc1C(=O)NC(C)c1cccc(C(F)(F)F)c1. The highest BCUT2D eigenvalue weighted by Crippen LogP contribution is 2.30. The summed E-state index contributed by atoms with van der Waals surface area (Å²) in [5.41, 5.74) is 0.307. The second kappa shape index (κ2) is 5.63. The average Bonchev–Trinajstić information content (AvgIpc) is 2.84. The van der Waals surface area contributed by atoms with Crippen LogP contribution in [0.2, 0.25) is 0 Å². The average molecular weight is 297 g/mol. The quantitative estimate of drug-likeness (QED) is 0.927. The molecule has 112 valence electrons. The van der Waals surface area contributed by atoms with Gasteiger partial charge in [0.05, 0.1) is 17.9 Å². The van der Waals surface area contributed by atoms with E-state index in [1.165, 1.54) is 18.4 Å². The Labute approximate surface area is 119 Å². The lowest BCUT2D eigenvalue weighted by molar-refractivity contribution is -0.137. The van der Waals surface area contributed by atoms with Crippen molar-refractivity contribution in [3.05, 3.63) is 59.0 Å². The third-order valence-corrected chi connectivity index (χ3v) is 3.13. The number of alkyl halides is 3. The van der Waals surface area contributed by atoms with Crippen LogP contribution < -0.4 is 5.32 Å². The van der Waals surface area contributed by atoms with E-state index in [1.54, 1.807) is 19.9 Å². The predicted molar refractivity (Wildman–Crippen MR) is 70.8 cm³/mol. The number of hydrogen-bond acceptors (Lipinski definition) is 2. The van der Waals surface area contributed by atoms with E-state index >= 15 is 0 Å². The minimum Gasteiger partial charge on any atom is -0.459 e. The van der Waals surface area contributed by atoms with Gasteiger partial charge in [0.2, 0.25) is 0 Å². The van der Waals surface area contributed by atoms with Crippen LogP contribution in [0.4, 0.5) is 13.2 Å². The molecular formula is C15H14F3NO2. The fraction of sp³-hybridized carbons (Fsp3) is 0.267. The maximum atomic E-state index is 12.7. The summed E-state index contributed by atoms with van der Waals surface area (Å²) in [6, 6.07) is 5.96. The van der Waals surface area contributed by atoms with Crippen molar-refractivity contribution in [3.63, 3.8) is 0 Å². The lowest BCUT2D eigenvalue weighted by Gasteiger charge is -2.15. The molecule has 2 rings (SSSR count). The van der Waals surface area contributed by atoms with E-state index in [4.69, 9.17) is 4.42 Å². The van der Waals surface area contributed by atoms with Gasteiger partial charge >= 0.3 is 6.18 Å². The zero-order chi connectivity index (χ0) is 15.6. The molecule has 0 aliphatic rings. The second-order valence-electron chi connectivity index (χ2n) is 4.75. The summed E-state index contributed by atoms with van der Waals surface area (Å²) in [5.74, 6) is -0.295. The number of carbonyl (C=O) groups excluding carboxylic acids is 1. The molecule has 1 aromatic heterocycles. The van der Waals surface area contributed by atoms with Crippen molar-refractivity contribution in [1.82, 2.24) is 5.32 Å². The monoisotopic (exact) mass is 297 g/mol. The van der Waals surface area contributed by atoms with Gasteiger partial charge in [0.15, 0.2) is 5.76 Å². The number of amides is 1. The first-order chi connectivity index (χ1) is 9.79. The van der Waals surface area contributed by atoms with Crippen LogP contribution in [0.3, 0.4) is 0 Å². The summed E-state index contributed by atoms with van der Waals surface area (Å²) >= 11 is 0. The molecule has 21 heavy (non-hydrogen) atoms. The number of furan rings is 1. The van der Waals surface area contributed by atoms with Crippen molar-refractivity contribution in [2.45, 2.75) is 26.1 Å². The Morgan fingerprint density at radius 3 is 2.57 bits per heavy atom. The minimum absolute atomic E-state index is 0.161. The van der Waals surface area contributed by atoms with Gasteiger partial charge in [-0.05, 0) is 37.6 Å². The molecule has 0 bridgehead atoms. The molecule has 0 aliphatic heterocycles. The standard InChI is InChI=1S/C15H14F3NO2/c1-9-6-7-21-13(9)14(20)19-10(2)11-4-3-5-12(8-11)15(16,17)18/h3-8,10H,1-2H3,(H,19,20). The largest absolute Gasteiger partial charge is 0.459 e. The number of benzene rings is 1. The van der Waals surface area contributed by atoms with E-state index in [0.29, 0.717) is 11.1 Å². The first-order valence-corrected chi connectivity index (χ1v) is 6.31. The van der Waals surface area contributed by atoms with Crippen LogP contribution in [0, 0.1) is 6.92 Å². The molecule has 1 aromatic carbocycles. The van der Waals surface area contributed by atoms with Crippen LogP contribution >= 0.6 is 0 Å². The lowest BCUT2D eigenvalue weighted by Crippen LogP contribution is -2.27. The highest BCUT2D eigenvalue weighted by Gasteiger charge is 2.30. The van der Waals surface area contributed by atoms with E-state index in [-0.39, 0.29) is 5.76 Å². The molecule has 0 spiro atoms. The van der Waals surface area contributed by atoms with E-state index in [0.717, 1.165) is 12.1 Å². The highest BCUT2D eigenvalue weighted by atomic mass is 19.4. The third kappa shape index (κ3) is 3.45. The van der Waals surface area contributed by atoms with Gasteiger partial charge in [0, 0.05) is 5.56 Å². The maximum Gasteiger partial charge on any atom is 0.416 e. The van der Waals surface area contributed by atoms with Crippen molar-refractivity contribution in [2.75, 3.05) is 0 Å². The zero-order valence-electron chi connectivity index (χ0n) is 11.5. The lowest BCUT2D eigenvalue weighted by atomic mass is 10.0. The molecule has 0 saturated carbocycles. The van der Waals surface area contributed by atoms with Crippen molar-refractivity contribution < 1.29 is 22.4 Å². The van der Waals surface area contributed by atoms with Gasteiger partial charge in [-0.1, -0.05) is 12.1 Å². The fourth-order valence-corrected chi connectivity index (χ4v) is 1.94. The molecule has 1 N–H and O–H groups in total. The zero-order valence-corrected chi connectivity index (χ0v) is 11.5. The molecule has 3 nitrogen and oxygen atoms in total. The molecule has 0 saturated heterocycles. The van der Waals surface area contributed by atoms with E-state index < -0.39 is 23.7 Å². The van der Waals surface area contributed by atoms with Gasteiger partial charge < -0.3 is 9.73 Å². The summed E-state index contributed by atoms with van der Waals surface area (Å²) in [5, 5.41) is 2.62. The molecule has 1 heterocycles. The molecule has 2 aromatic rings. The Bertz CT molecular complexity index is 646. The van der Waals surface area contributed by atoms with Gasteiger partial charge in [-0.3, -0.25) is 4.79 Å². The molecule has 1 unspecified atom stereocenters. The van der Waals surface area contributed by atoms with Crippen molar-refractivity contribution in [3.8, 4) is 0 Å². The number of hydrogen-bond donors (Lipinski definition) is 1. The molecule has 1 atom stereocenters. The van der Waals surface area contributed by atoms with E-state index in [1.807, 2.05) is 0 Å². The Balaban J connectivity index is 2.16. The van der Waals surface area contributed by atoms with Crippen LogP contribution in [0.25, 0.3) is 0 Å². The maximum absolute atomic E-state index is 12.7. The number of carbonyl (C=O) groups is 1. The smallest absolute Gasteiger partial charge is 0.416 e. The van der Waals surface area contributed by atoms with Crippen LogP contribution in [0.5, 0.6) is 0 Å². The molecule has 0 aliphatic carbocycles. The van der Waals surface area contributed by atoms with E-state index in [2.05, 4.69) is 5.32 Å². The summed E-state index contributed by atoms with van der Waals surface area (Å²) in [4.78, 5) is 12.0. The Kier molecular flexibility index (Phi) is 4.06. The highest BCUT2D eigenvalue weighted by molar-refractivity contribution is 5.93. The van der Waals surface area contributed by atoms with Gasteiger partial charge in [0.25, 0.3) is 5.91 Å². The van der Waals surface area contributed by atoms with Gasteiger partial charge in [-0.15, -0.1) is 0 Å². The van der Waals surface area contributed by atoms with Crippen molar-refractivity contribution in [1.29, 1.82) is 0 Å².